The fraction of sp³-hybridized carbons (Fsp3) is 0.438. The van der Waals surface area contributed by atoms with Gasteiger partial charge in [0.1, 0.15) is 0 Å². The maximum atomic E-state index is 12.8. The van der Waals surface area contributed by atoms with Gasteiger partial charge in [0.25, 0.3) is 5.91 Å². The van der Waals surface area contributed by atoms with Crippen molar-refractivity contribution in [3.8, 4) is 0 Å². The quantitative estimate of drug-likeness (QED) is 0.827. The topological polar surface area (TPSA) is 65.4 Å². The summed E-state index contributed by atoms with van der Waals surface area (Å²) in [5.41, 5.74) is 8.12. The number of nitrogen functional groups attached to an aromatic ring is 1. The molecule has 2 atom stereocenters. The molecule has 0 radical (unpaired) electrons. The third kappa shape index (κ3) is 2.38. The number of likely N-dealkylation sites (tertiary alicyclic amines) is 1. The highest BCUT2D eigenvalue weighted by Gasteiger charge is 2.34. The van der Waals surface area contributed by atoms with Gasteiger partial charge in [0.2, 0.25) is 0 Å². The van der Waals surface area contributed by atoms with E-state index < -0.39 is 0 Å². The number of hydrogen-bond donors (Lipinski definition) is 2. The zero-order chi connectivity index (χ0) is 15.1. The summed E-state index contributed by atoms with van der Waals surface area (Å²) in [6.07, 6.45) is 1.79. The first kappa shape index (κ1) is 13.9. The van der Waals surface area contributed by atoms with Crippen molar-refractivity contribution in [1.82, 2.24) is 14.8 Å². The highest BCUT2D eigenvalue weighted by atomic mass is 16.2. The van der Waals surface area contributed by atoms with Crippen molar-refractivity contribution in [2.75, 3.05) is 32.9 Å². The van der Waals surface area contributed by atoms with Gasteiger partial charge in [-0.25, -0.2) is 0 Å². The van der Waals surface area contributed by atoms with Crippen LogP contribution < -0.4 is 5.73 Å². The molecule has 0 spiro atoms. The number of anilines is 1. The Kier molecular flexibility index (Phi) is 3.37. The van der Waals surface area contributed by atoms with Crippen LogP contribution in [0.4, 0.5) is 5.69 Å². The van der Waals surface area contributed by atoms with E-state index in [1.165, 1.54) is 0 Å². The summed E-state index contributed by atoms with van der Waals surface area (Å²) in [5.74, 6) is 0.590. The van der Waals surface area contributed by atoms with Crippen molar-refractivity contribution in [2.24, 2.45) is 5.92 Å². The van der Waals surface area contributed by atoms with Crippen LogP contribution in [-0.4, -0.2) is 53.9 Å². The van der Waals surface area contributed by atoms with Gasteiger partial charge in [-0.2, -0.15) is 0 Å². The summed E-state index contributed by atoms with van der Waals surface area (Å²) in [7, 11) is 4.15. The van der Waals surface area contributed by atoms with E-state index in [0.29, 0.717) is 17.6 Å². The normalized spacial score (nSPS) is 22.4. The summed E-state index contributed by atoms with van der Waals surface area (Å²) >= 11 is 0. The number of nitrogens with two attached hydrogens (primary N) is 1. The molecule has 5 nitrogen and oxygen atoms in total. The number of H-pyrrole nitrogens is 1. The highest BCUT2D eigenvalue weighted by Crippen LogP contribution is 2.26. The molecule has 21 heavy (non-hydrogen) atoms. The number of amides is 1. The molecule has 1 amide bonds. The van der Waals surface area contributed by atoms with Crippen LogP contribution >= 0.6 is 0 Å². The van der Waals surface area contributed by atoms with E-state index in [-0.39, 0.29) is 5.91 Å². The van der Waals surface area contributed by atoms with Gasteiger partial charge in [0.05, 0.1) is 5.56 Å². The fourth-order valence-corrected chi connectivity index (χ4v) is 3.28. The van der Waals surface area contributed by atoms with Crippen LogP contribution in [0.3, 0.4) is 0 Å². The molecule has 1 aliphatic heterocycles. The molecule has 3 N–H and O–H groups in total. The molecule has 2 unspecified atom stereocenters. The maximum absolute atomic E-state index is 12.8. The van der Waals surface area contributed by atoms with Crippen molar-refractivity contribution in [1.29, 1.82) is 0 Å². The van der Waals surface area contributed by atoms with Crippen molar-refractivity contribution in [3.05, 3.63) is 30.0 Å². The molecule has 2 heterocycles. The Labute approximate surface area is 124 Å². The van der Waals surface area contributed by atoms with Gasteiger partial charge in [-0.1, -0.05) is 6.92 Å². The Morgan fingerprint density at radius 3 is 2.81 bits per heavy atom. The van der Waals surface area contributed by atoms with Crippen LogP contribution in [-0.2, 0) is 0 Å². The minimum atomic E-state index is 0.0993. The third-order valence-corrected chi connectivity index (χ3v) is 4.46. The molecule has 0 saturated carbocycles. The van der Waals surface area contributed by atoms with Gasteiger partial charge in [-0.3, -0.25) is 4.79 Å². The minimum Gasteiger partial charge on any atom is -0.399 e. The number of fused-ring (bicyclic) bond motifs is 1. The molecule has 2 aromatic rings. The van der Waals surface area contributed by atoms with Gasteiger partial charge < -0.3 is 20.5 Å². The molecule has 1 aromatic carbocycles. The van der Waals surface area contributed by atoms with E-state index in [4.69, 9.17) is 5.73 Å². The molecule has 1 saturated heterocycles. The summed E-state index contributed by atoms with van der Waals surface area (Å²) in [6, 6.07) is 6.04. The molecule has 1 aliphatic rings. The van der Waals surface area contributed by atoms with Crippen LogP contribution in [0.5, 0.6) is 0 Å². The number of nitrogens with one attached hydrogen (secondary N) is 1. The zero-order valence-electron chi connectivity index (χ0n) is 12.8. The molecular formula is C16H22N4O. The standard InChI is InChI=1S/C16H22N4O/c1-10-8-20(9-15(10)19(2)3)16(21)13-7-18-14-6-11(17)4-5-12(13)14/h4-7,10,15,18H,8-9,17H2,1-3H3. The summed E-state index contributed by atoms with van der Waals surface area (Å²) in [6.45, 7) is 3.80. The third-order valence-electron chi connectivity index (χ3n) is 4.46. The summed E-state index contributed by atoms with van der Waals surface area (Å²) < 4.78 is 0. The Balaban J connectivity index is 1.88. The van der Waals surface area contributed by atoms with Gasteiger partial charge in [-0.15, -0.1) is 0 Å². The molecule has 1 fully saturated rings. The average molecular weight is 286 g/mol. The van der Waals surface area contributed by atoms with E-state index in [9.17, 15) is 4.79 Å². The molecule has 0 bridgehead atoms. The van der Waals surface area contributed by atoms with Gasteiger partial charge in [-0.05, 0) is 38.2 Å². The minimum absolute atomic E-state index is 0.0993. The molecule has 3 rings (SSSR count). The van der Waals surface area contributed by atoms with Crippen LogP contribution in [0.15, 0.2) is 24.4 Å². The Hall–Kier alpha value is -2.01. The largest absolute Gasteiger partial charge is 0.399 e. The summed E-state index contributed by atoms with van der Waals surface area (Å²) in [4.78, 5) is 20.1. The number of aromatic nitrogens is 1. The van der Waals surface area contributed by atoms with Crippen LogP contribution in [0.2, 0.25) is 0 Å². The van der Waals surface area contributed by atoms with E-state index in [1.54, 1.807) is 6.20 Å². The number of aromatic amines is 1. The lowest BCUT2D eigenvalue weighted by molar-refractivity contribution is 0.0783. The Morgan fingerprint density at radius 1 is 1.38 bits per heavy atom. The first-order valence-corrected chi connectivity index (χ1v) is 7.29. The fourth-order valence-electron chi connectivity index (χ4n) is 3.28. The van der Waals surface area contributed by atoms with E-state index >= 15 is 0 Å². The number of nitrogens with zero attached hydrogens (tertiary/aromatic N) is 2. The van der Waals surface area contributed by atoms with E-state index in [2.05, 4.69) is 30.9 Å². The summed E-state index contributed by atoms with van der Waals surface area (Å²) in [5, 5.41) is 0.940. The van der Waals surface area contributed by atoms with Crippen molar-refractivity contribution in [3.63, 3.8) is 0 Å². The SMILES string of the molecule is CC1CN(C(=O)c2c[nH]c3cc(N)ccc23)CC1N(C)C. The Morgan fingerprint density at radius 2 is 2.14 bits per heavy atom. The van der Waals surface area contributed by atoms with Crippen LogP contribution in [0, 0.1) is 5.92 Å². The number of hydrogen-bond acceptors (Lipinski definition) is 3. The van der Waals surface area contributed by atoms with Crippen LogP contribution in [0.1, 0.15) is 17.3 Å². The number of rotatable bonds is 2. The second kappa shape index (κ2) is 5.07. The molecule has 1 aromatic heterocycles. The lowest BCUT2D eigenvalue weighted by atomic mass is 10.1. The first-order valence-electron chi connectivity index (χ1n) is 7.29. The molecule has 0 aliphatic carbocycles. The monoisotopic (exact) mass is 286 g/mol. The van der Waals surface area contributed by atoms with Crippen molar-refractivity contribution >= 4 is 22.5 Å². The zero-order valence-corrected chi connectivity index (χ0v) is 12.8. The maximum Gasteiger partial charge on any atom is 0.256 e. The van der Waals surface area contributed by atoms with Gasteiger partial charge in [0.15, 0.2) is 0 Å². The van der Waals surface area contributed by atoms with Crippen molar-refractivity contribution < 1.29 is 4.79 Å². The molecule has 5 heteroatoms. The van der Waals surface area contributed by atoms with Crippen LogP contribution in [0.25, 0.3) is 10.9 Å². The first-order chi connectivity index (χ1) is 9.97. The smallest absolute Gasteiger partial charge is 0.256 e. The second-order valence-electron chi connectivity index (χ2n) is 6.23. The Bertz CT molecular complexity index is 676. The van der Waals surface area contributed by atoms with Gasteiger partial charge in [0, 0.05) is 41.9 Å². The average Bonchev–Trinajstić information content (AvgIpc) is 3.01. The number of benzene rings is 1. The van der Waals surface area contributed by atoms with E-state index in [0.717, 1.165) is 29.6 Å². The number of carbonyl (C=O) groups is 1. The predicted octanol–water partition coefficient (Wildman–Crippen LogP) is 1.77. The highest BCUT2D eigenvalue weighted by molar-refractivity contribution is 6.07. The number of likely N-dealkylation sites (N-methyl/N-ethyl adjacent to an activating group) is 1. The number of carbonyl (C=O) groups excluding carboxylic acids is 1. The lowest BCUT2D eigenvalue weighted by Crippen LogP contribution is -2.35. The van der Waals surface area contributed by atoms with E-state index in [1.807, 2.05) is 23.1 Å². The van der Waals surface area contributed by atoms with Gasteiger partial charge >= 0.3 is 0 Å². The van der Waals surface area contributed by atoms with Crippen molar-refractivity contribution in [2.45, 2.75) is 13.0 Å². The predicted molar refractivity (Wildman–Crippen MR) is 85.3 cm³/mol. The lowest BCUT2D eigenvalue weighted by Gasteiger charge is -2.22. The molecule has 112 valence electrons. The molecular weight excluding hydrogens is 264 g/mol. The second-order valence-corrected chi connectivity index (χ2v) is 6.23.